The highest BCUT2D eigenvalue weighted by molar-refractivity contribution is 5.81. The molecule has 7 heteroatoms. The molecule has 0 bridgehead atoms. The molecule has 1 N–H and O–H groups in total. The fourth-order valence-electron chi connectivity index (χ4n) is 5.93. The highest BCUT2D eigenvalue weighted by Crippen LogP contribution is 2.46. The van der Waals surface area contributed by atoms with Crippen molar-refractivity contribution in [2.45, 2.75) is 25.0 Å². The number of rotatable bonds is 10. The van der Waals surface area contributed by atoms with Gasteiger partial charge >= 0.3 is 0 Å². The van der Waals surface area contributed by atoms with Gasteiger partial charge in [-0.25, -0.2) is 0 Å². The van der Waals surface area contributed by atoms with E-state index in [9.17, 15) is 0 Å². The number of hydrogen-bond acceptors (Lipinski definition) is 7. The molecule has 2 unspecified atom stereocenters. The van der Waals surface area contributed by atoms with Gasteiger partial charge in [0.1, 0.15) is 23.7 Å². The van der Waals surface area contributed by atoms with E-state index in [2.05, 4.69) is 41.7 Å². The maximum Gasteiger partial charge on any atom is 0.168 e. The van der Waals surface area contributed by atoms with Gasteiger partial charge in [-0.15, -0.1) is 0 Å². The normalized spacial score (nSPS) is 16.8. The molecule has 2 heterocycles. The van der Waals surface area contributed by atoms with E-state index in [0.717, 1.165) is 59.7 Å². The van der Waals surface area contributed by atoms with Crippen LogP contribution in [-0.2, 0) is 12.8 Å². The third-order valence-corrected chi connectivity index (χ3v) is 7.79. The average molecular weight is 554 g/mol. The predicted octanol–water partition coefficient (Wildman–Crippen LogP) is 5.95. The third-order valence-electron chi connectivity index (χ3n) is 7.79. The van der Waals surface area contributed by atoms with Crippen molar-refractivity contribution >= 4 is 0 Å². The number of methoxy groups -OCH3 is 4. The molecule has 0 radical (unpaired) electrons. The van der Waals surface area contributed by atoms with Crippen LogP contribution in [0, 0.1) is 0 Å². The summed E-state index contributed by atoms with van der Waals surface area (Å²) >= 11 is 0. The summed E-state index contributed by atoms with van der Waals surface area (Å²) in [7, 11) is 6.63. The quantitative estimate of drug-likeness (QED) is 0.260. The monoisotopic (exact) mass is 553 g/mol. The molecule has 2 atom stereocenters. The van der Waals surface area contributed by atoms with Gasteiger partial charge in [-0.05, 0) is 23.3 Å². The largest absolute Gasteiger partial charge is 0.493 e. The van der Waals surface area contributed by atoms with Gasteiger partial charge in [0.05, 0.1) is 28.4 Å². The number of hydrogen-bond donors (Lipinski definition) is 1. The van der Waals surface area contributed by atoms with Crippen molar-refractivity contribution in [1.82, 2.24) is 5.32 Å². The van der Waals surface area contributed by atoms with Crippen molar-refractivity contribution in [3.8, 4) is 56.8 Å². The predicted molar refractivity (Wildman–Crippen MR) is 159 cm³/mol. The Kier molecular flexibility index (Phi) is 7.61. The maximum absolute atomic E-state index is 6.49. The van der Waals surface area contributed by atoms with Crippen molar-refractivity contribution in [3.63, 3.8) is 0 Å². The first kappa shape index (κ1) is 26.8. The molecule has 0 spiro atoms. The molecule has 0 amide bonds. The van der Waals surface area contributed by atoms with Crippen LogP contribution in [0.1, 0.15) is 11.1 Å². The Morgan fingerprint density at radius 1 is 0.561 bits per heavy atom. The van der Waals surface area contributed by atoms with Gasteiger partial charge in [0.2, 0.25) is 0 Å². The number of benzene rings is 4. The minimum absolute atomic E-state index is 0.0307. The summed E-state index contributed by atoms with van der Waals surface area (Å²) in [6.45, 7) is 1.44. The molecule has 212 valence electrons. The highest BCUT2D eigenvalue weighted by Gasteiger charge is 2.30. The first-order chi connectivity index (χ1) is 20.1. The van der Waals surface area contributed by atoms with E-state index in [1.165, 1.54) is 11.1 Å². The average Bonchev–Trinajstić information content (AvgIpc) is 3.63. The van der Waals surface area contributed by atoms with Crippen LogP contribution in [0.3, 0.4) is 0 Å². The zero-order chi connectivity index (χ0) is 28.3. The Bertz CT molecular complexity index is 1440. The Morgan fingerprint density at radius 3 is 1.39 bits per heavy atom. The van der Waals surface area contributed by atoms with E-state index in [1.807, 2.05) is 36.4 Å². The summed E-state index contributed by atoms with van der Waals surface area (Å²) in [5, 5.41) is 3.60. The van der Waals surface area contributed by atoms with Gasteiger partial charge in [-0.1, -0.05) is 60.7 Å². The van der Waals surface area contributed by atoms with E-state index in [0.29, 0.717) is 23.0 Å². The lowest BCUT2D eigenvalue weighted by atomic mass is 9.99. The smallest absolute Gasteiger partial charge is 0.168 e. The minimum atomic E-state index is 0.0307. The van der Waals surface area contributed by atoms with Gasteiger partial charge in [0.15, 0.2) is 23.0 Å². The second-order valence-electron chi connectivity index (χ2n) is 10.2. The minimum Gasteiger partial charge on any atom is -0.493 e. The summed E-state index contributed by atoms with van der Waals surface area (Å²) in [6, 6.07) is 24.4. The topological polar surface area (TPSA) is 67.4 Å². The lowest BCUT2D eigenvalue weighted by Gasteiger charge is -2.18. The van der Waals surface area contributed by atoms with Crippen LogP contribution in [0.15, 0.2) is 72.8 Å². The molecule has 2 aliphatic heterocycles. The van der Waals surface area contributed by atoms with Crippen molar-refractivity contribution < 1.29 is 28.4 Å². The number of para-hydroxylation sites is 4. The zero-order valence-electron chi connectivity index (χ0n) is 23.9. The molecule has 0 aromatic heterocycles. The molecule has 2 aliphatic rings. The van der Waals surface area contributed by atoms with Crippen LogP contribution in [0.5, 0.6) is 34.5 Å². The molecule has 0 aliphatic carbocycles. The van der Waals surface area contributed by atoms with Crippen LogP contribution in [-0.4, -0.2) is 53.7 Å². The third kappa shape index (κ3) is 5.02. The zero-order valence-corrected chi connectivity index (χ0v) is 23.9. The first-order valence-electron chi connectivity index (χ1n) is 13.9. The van der Waals surface area contributed by atoms with Crippen molar-refractivity contribution in [2.75, 3.05) is 41.5 Å². The molecule has 0 saturated heterocycles. The van der Waals surface area contributed by atoms with Gasteiger partial charge in [-0.3, -0.25) is 0 Å². The molecule has 4 aromatic rings. The summed E-state index contributed by atoms with van der Waals surface area (Å²) in [4.78, 5) is 0. The fourth-order valence-corrected chi connectivity index (χ4v) is 5.93. The van der Waals surface area contributed by atoms with Crippen LogP contribution < -0.4 is 33.7 Å². The maximum atomic E-state index is 6.49. The Labute approximate surface area is 240 Å². The molecule has 6 rings (SSSR count). The summed E-state index contributed by atoms with van der Waals surface area (Å²) in [5.74, 6) is 4.63. The van der Waals surface area contributed by atoms with Crippen molar-refractivity contribution in [2.24, 2.45) is 0 Å². The van der Waals surface area contributed by atoms with E-state index < -0.39 is 0 Å². The molecule has 7 nitrogen and oxygen atoms in total. The molecule has 41 heavy (non-hydrogen) atoms. The Morgan fingerprint density at radius 2 is 0.976 bits per heavy atom. The second-order valence-corrected chi connectivity index (χ2v) is 10.2. The van der Waals surface area contributed by atoms with Crippen molar-refractivity contribution in [1.29, 1.82) is 0 Å². The van der Waals surface area contributed by atoms with Crippen LogP contribution in [0.2, 0.25) is 0 Å². The SMILES string of the molecule is COc1cccc(-c2cccc3c2OC(CNCC2Cc4cccc(-c5cccc(OC)c5OC)c4O2)C3)c1OC. The van der Waals surface area contributed by atoms with E-state index >= 15 is 0 Å². The second kappa shape index (κ2) is 11.6. The fraction of sp³-hybridized carbons (Fsp3) is 0.294. The number of nitrogens with one attached hydrogen (secondary N) is 1. The number of fused-ring (bicyclic) bond motifs is 2. The van der Waals surface area contributed by atoms with E-state index in [1.54, 1.807) is 28.4 Å². The molecular weight excluding hydrogens is 518 g/mol. The van der Waals surface area contributed by atoms with Gasteiger partial charge in [0, 0.05) is 48.2 Å². The Balaban J connectivity index is 1.12. The van der Waals surface area contributed by atoms with Crippen molar-refractivity contribution in [3.05, 3.63) is 83.9 Å². The Hall–Kier alpha value is -4.36. The summed E-state index contributed by atoms with van der Waals surface area (Å²) in [6.07, 6.45) is 1.74. The summed E-state index contributed by atoms with van der Waals surface area (Å²) in [5.41, 5.74) is 6.32. The highest BCUT2D eigenvalue weighted by atomic mass is 16.5. The summed E-state index contributed by atoms with van der Waals surface area (Å²) < 4.78 is 35.4. The molecule has 0 fully saturated rings. The lowest BCUT2D eigenvalue weighted by molar-refractivity contribution is 0.200. The van der Waals surface area contributed by atoms with E-state index in [-0.39, 0.29) is 12.2 Å². The molecular formula is C34H35NO6. The van der Waals surface area contributed by atoms with Gasteiger partial charge in [0.25, 0.3) is 0 Å². The molecule has 4 aromatic carbocycles. The standard InChI is InChI=1S/C34H35NO6/c1-36-29-15-7-13-27(33(29)38-3)25-11-5-9-21-17-23(40-31(21)25)19-35-20-24-18-22-10-6-12-26(32(22)41-24)28-14-8-16-30(37-2)34(28)39-4/h5-16,23-24,35H,17-20H2,1-4H3. The van der Waals surface area contributed by atoms with Crippen LogP contribution >= 0.6 is 0 Å². The number of ether oxygens (including phenoxy) is 6. The first-order valence-corrected chi connectivity index (χ1v) is 13.9. The lowest BCUT2D eigenvalue weighted by Crippen LogP contribution is -2.36. The van der Waals surface area contributed by atoms with E-state index in [4.69, 9.17) is 28.4 Å². The van der Waals surface area contributed by atoms with Crippen LogP contribution in [0.25, 0.3) is 22.3 Å². The van der Waals surface area contributed by atoms with Gasteiger partial charge in [-0.2, -0.15) is 0 Å². The molecule has 0 saturated carbocycles. The van der Waals surface area contributed by atoms with Crippen LogP contribution in [0.4, 0.5) is 0 Å². The van der Waals surface area contributed by atoms with Gasteiger partial charge < -0.3 is 33.7 Å².